The molecule has 1 aromatic heterocycles. The predicted molar refractivity (Wildman–Crippen MR) is 93.8 cm³/mol. The lowest BCUT2D eigenvalue weighted by Gasteiger charge is -2.23. The molecule has 0 bridgehead atoms. The highest BCUT2D eigenvalue weighted by Crippen LogP contribution is 2.24. The fourth-order valence-corrected chi connectivity index (χ4v) is 3.21. The summed E-state index contributed by atoms with van der Waals surface area (Å²) in [5, 5.41) is 8.48. The van der Waals surface area contributed by atoms with Crippen molar-refractivity contribution in [3.63, 3.8) is 0 Å². The minimum atomic E-state index is -0.319. The predicted octanol–water partition coefficient (Wildman–Crippen LogP) is 3.41. The van der Waals surface area contributed by atoms with Crippen LogP contribution in [0.15, 0.2) is 30.5 Å². The van der Waals surface area contributed by atoms with Gasteiger partial charge in [0.15, 0.2) is 5.78 Å². The van der Waals surface area contributed by atoms with E-state index in [9.17, 15) is 9.18 Å². The Labute approximate surface area is 147 Å². The normalized spacial score (nSPS) is 18.6. The second-order valence-corrected chi connectivity index (χ2v) is 7.73. The fraction of sp³-hybridized carbons (Fsp3) is 0.526. The Morgan fingerprint density at radius 2 is 2.00 bits per heavy atom. The second-order valence-electron chi connectivity index (χ2n) is 7.73. The fourth-order valence-electron chi connectivity index (χ4n) is 3.21. The van der Waals surface area contributed by atoms with Gasteiger partial charge < -0.3 is 0 Å². The molecule has 1 atom stereocenters. The summed E-state index contributed by atoms with van der Waals surface area (Å²) in [5.74, 6) is -0.253. The first kappa shape index (κ1) is 17.7. The van der Waals surface area contributed by atoms with E-state index in [4.69, 9.17) is 0 Å². The zero-order chi connectivity index (χ0) is 18.0. The van der Waals surface area contributed by atoms with Crippen molar-refractivity contribution < 1.29 is 9.18 Å². The molecule has 0 saturated carbocycles. The van der Waals surface area contributed by atoms with Crippen LogP contribution in [0.1, 0.15) is 56.1 Å². The molecule has 2 heterocycles. The summed E-state index contributed by atoms with van der Waals surface area (Å²) < 4.78 is 14.9. The van der Waals surface area contributed by atoms with E-state index in [0.717, 1.165) is 25.1 Å². The van der Waals surface area contributed by atoms with Crippen LogP contribution >= 0.6 is 0 Å². The Morgan fingerprint density at radius 1 is 1.28 bits per heavy atom. The molecule has 25 heavy (non-hydrogen) atoms. The van der Waals surface area contributed by atoms with Crippen LogP contribution in [0.4, 0.5) is 4.39 Å². The zero-order valence-corrected chi connectivity index (χ0v) is 15.1. The van der Waals surface area contributed by atoms with Crippen molar-refractivity contribution in [1.82, 2.24) is 19.9 Å². The van der Waals surface area contributed by atoms with Gasteiger partial charge >= 0.3 is 0 Å². The Bertz CT molecular complexity index is 733. The summed E-state index contributed by atoms with van der Waals surface area (Å²) in [7, 11) is 0. The van der Waals surface area contributed by atoms with Crippen LogP contribution in [-0.4, -0.2) is 38.3 Å². The Morgan fingerprint density at radius 3 is 2.64 bits per heavy atom. The van der Waals surface area contributed by atoms with Gasteiger partial charge in [0.25, 0.3) is 0 Å². The zero-order valence-electron chi connectivity index (χ0n) is 15.1. The molecule has 1 aliphatic heterocycles. The monoisotopic (exact) mass is 344 g/mol. The van der Waals surface area contributed by atoms with Gasteiger partial charge in [0.05, 0.1) is 17.4 Å². The van der Waals surface area contributed by atoms with Gasteiger partial charge in [-0.1, -0.05) is 5.21 Å². The molecular formula is C19H25FN4O. The molecule has 5 nitrogen and oxygen atoms in total. The van der Waals surface area contributed by atoms with Crippen LogP contribution in [0.5, 0.6) is 0 Å². The highest BCUT2D eigenvalue weighted by molar-refractivity contribution is 5.96. The molecule has 1 aromatic carbocycles. The first-order valence-electron chi connectivity index (χ1n) is 8.77. The third-order valence-corrected chi connectivity index (χ3v) is 4.68. The van der Waals surface area contributed by atoms with Crippen molar-refractivity contribution in [3.8, 4) is 0 Å². The summed E-state index contributed by atoms with van der Waals surface area (Å²) in [6, 6.07) is 6.00. The number of likely N-dealkylation sites (tertiary alicyclic amines) is 1. The van der Waals surface area contributed by atoms with Crippen LogP contribution in [-0.2, 0) is 12.1 Å². The number of hydrogen-bond acceptors (Lipinski definition) is 4. The van der Waals surface area contributed by atoms with E-state index in [2.05, 4.69) is 36.0 Å². The van der Waals surface area contributed by atoms with E-state index in [1.807, 2.05) is 10.9 Å². The summed E-state index contributed by atoms with van der Waals surface area (Å²) in [6.45, 7) is 7.93. The van der Waals surface area contributed by atoms with Gasteiger partial charge in [-0.15, -0.1) is 5.10 Å². The van der Waals surface area contributed by atoms with Gasteiger partial charge in [-0.05, 0) is 64.4 Å². The van der Waals surface area contributed by atoms with Gasteiger partial charge in [0.1, 0.15) is 5.82 Å². The molecule has 0 amide bonds. The molecule has 0 N–H and O–H groups in total. The number of carbonyl (C=O) groups excluding carboxylic acids is 1. The SMILES string of the molecule is CC(C)(C)n1cc(CN2CCC[C@H]2CC(=O)c2ccc(F)cc2)nn1. The molecule has 6 heteroatoms. The number of Topliss-reactive ketones (excluding diaryl/α,β-unsaturated/α-hetero) is 1. The van der Waals surface area contributed by atoms with Crippen molar-refractivity contribution in [2.45, 2.75) is 58.2 Å². The smallest absolute Gasteiger partial charge is 0.164 e. The molecule has 0 spiro atoms. The highest BCUT2D eigenvalue weighted by Gasteiger charge is 2.28. The first-order valence-corrected chi connectivity index (χ1v) is 8.77. The van der Waals surface area contributed by atoms with Gasteiger partial charge in [-0.3, -0.25) is 9.69 Å². The van der Waals surface area contributed by atoms with Crippen LogP contribution < -0.4 is 0 Å². The lowest BCUT2D eigenvalue weighted by molar-refractivity contribution is 0.0938. The van der Waals surface area contributed by atoms with Gasteiger partial charge in [-0.2, -0.15) is 0 Å². The van der Waals surface area contributed by atoms with E-state index in [0.29, 0.717) is 18.5 Å². The number of ketones is 1. The molecule has 134 valence electrons. The topological polar surface area (TPSA) is 51.0 Å². The average molecular weight is 344 g/mol. The number of rotatable bonds is 5. The van der Waals surface area contributed by atoms with Crippen molar-refractivity contribution >= 4 is 5.78 Å². The molecule has 0 aliphatic carbocycles. The van der Waals surface area contributed by atoms with Gasteiger partial charge in [-0.25, -0.2) is 9.07 Å². The van der Waals surface area contributed by atoms with Crippen molar-refractivity contribution in [2.24, 2.45) is 0 Å². The third kappa shape index (κ3) is 4.31. The number of hydrogen-bond donors (Lipinski definition) is 0. The third-order valence-electron chi connectivity index (χ3n) is 4.68. The summed E-state index contributed by atoms with van der Waals surface area (Å²) >= 11 is 0. The Kier molecular flexibility index (Phi) is 4.99. The van der Waals surface area contributed by atoms with Crippen LogP contribution in [0.3, 0.4) is 0 Å². The molecule has 0 radical (unpaired) electrons. The molecule has 2 aromatic rings. The largest absolute Gasteiger partial charge is 0.294 e. The van der Waals surface area contributed by atoms with E-state index < -0.39 is 0 Å². The van der Waals surface area contributed by atoms with E-state index in [-0.39, 0.29) is 23.2 Å². The average Bonchev–Trinajstić information content (AvgIpc) is 3.18. The number of carbonyl (C=O) groups is 1. The van der Waals surface area contributed by atoms with Crippen LogP contribution in [0.25, 0.3) is 0 Å². The Balaban J connectivity index is 1.63. The summed E-state index contributed by atoms with van der Waals surface area (Å²) in [5.41, 5.74) is 1.41. The van der Waals surface area contributed by atoms with E-state index >= 15 is 0 Å². The van der Waals surface area contributed by atoms with Gasteiger partial charge in [0, 0.05) is 24.6 Å². The number of nitrogens with zero attached hydrogens (tertiary/aromatic N) is 4. The van der Waals surface area contributed by atoms with Gasteiger partial charge in [0.2, 0.25) is 0 Å². The lowest BCUT2D eigenvalue weighted by atomic mass is 10.0. The van der Waals surface area contributed by atoms with E-state index in [1.165, 1.54) is 12.1 Å². The van der Waals surface area contributed by atoms with Crippen molar-refractivity contribution in [2.75, 3.05) is 6.54 Å². The standard InChI is InChI=1S/C19H25FN4O/c1-19(2,3)24-13-16(21-22-24)12-23-10-4-5-17(23)11-18(25)14-6-8-15(20)9-7-14/h6-9,13,17H,4-5,10-12H2,1-3H3/t17-/m0/s1. The van der Waals surface area contributed by atoms with Crippen molar-refractivity contribution in [1.29, 1.82) is 0 Å². The Hall–Kier alpha value is -2.08. The quantitative estimate of drug-likeness (QED) is 0.780. The maximum Gasteiger partial charge on any atom is 0.164 e. The maximum atomic E-state index is 13.0. The molecular weight excluding hydrogens is 319 g/mol. The summed E-state index contributed by atoms with van der Waals surface area (Å²) in [6.07, 6.45) is 4.52. The first-order chi connectivity index (χ1) is 11.8. The molecule has 1 aliphatic rings. The lowest BCUT2D eigenvalue weighted by Crippen LogP contribution is -2.31. The maximum absolute atomic E-state index is 13.0. The number of benzene rings is 1. The van der Waals surface area contributed by atoms with Crippen LogP contribution in [0, 0.1) is 5.82 Å². The van der Waals surface area contributed by atoms with Crippen LogP contribution in [0.2, 0.25) is 0 Å². The molecule has 1 saturated heterocycles. The minimum Gasteiger partial charge on any atom is -0.294 e. The van der Waals surface area contributed by atoms with Crippen molar-refractivity contribution in [3.05, 3.63) is 47.5 Å². The molecule has 1 fully saturated rings. The molecule has 0 unspecified atom stereocenters. The summed E-state index contributed by atoms with van der Waals surface area (Å²) in [4.78, 5) is 14.8. The second kappa shape index (κ2) is 7.04. The molecule has 3 rings (SSSR count). The number of halogens is 1. The highest BCUT2D eigenvalue weighted by atomic mass is 19.1. The number of aromatic nitrogens is 3. The van der Waals surface area contributed by atoms with E-state index in [1.54, 1.807) is 12.1 Å². The minimum absolute atomic E-state index is 0.0650.